The molecule has 0 aliphatic heterocycles. The summed E-state index contributed by atoms with van der Waals surface area (Å²) in [5.74, 6) is 0.767. The van der Waals surface area contributed by atoms with Gasteiger partial charge in [-0.1, -0.05) is 57.9 Å². The molecular formula is C17H12BrClO3. The van der Waals surface area contributed by atoms with Crippen molar-refractivity contribution in [2.45, 2.75) is 6.61 Å². The van der Waals surface area contributed by atoms with Gasteiger partial charge < -0.3 is 9.15 Å². The van der Waals surface area contributed by atoms with Crippen LogP contribution in [0.25, 0.3) is 11.0 Å². The van der Waals surface area contributed by atoms with Crippen LogP contribution in [-0.4, -0.2) is 11.1 Å². The zero-order valence-electron chi connectivity index (χ0n) is 11.5. The summed E-state index contributed by atoms with van der Waals surface area (Å²) in [7, 11) is 0. The molecular weight excluding hydrogens is 368 g/mol. The first-order chi connectivity index (χ1) is 10.7. The number of benzene rings is 2. The second kappa shape index (κ2) is 6.55. The Morgan fingerprint density at radius 3 is 2.68 bits per heavy atom. The summed E-state index contributed by atoms with van der Waals surface area (Å²) < 4.78 is 11.4. The van der Waals surface area contributed by atoms with Gasteiger partial charge in [0.05, 0.1) is 10.7 Å². The molecule has 1 aromatic heterocycles. The van der Waals surface area contributed by atoms with Crippen LogP contribution in [0.4, 0.5) is 0 Å². The molecule has 3 aromatic rings. The van der Waals surface area contributed by atoms with Crippen molar-refractivity contribution >= 4 is 44.3 Å². The largest absolute Gasteiger partial charge is 0.488 e. The molecule has 112 valence electrons. The SMILES string of the molecule is O=C(CBr)c1cc2c(OCc3ccccc3)cc(Cl)cc2o1. The van der Waals surface area contributed by atoms with Gasteiger partial charge in [-0.05, 0) is 17.7 Å². The molecule has 0 aliphatic carbocycles. The third-order valence-corrected chi connectivity index (χ3v) is 3.93. The fourth-order valence-electron chi connectivity index (χ4n) is 2.13. The number of carbonyl (C=O) groups is 1. The van der Waals surface area contributed by atoms with Gasteiger partial charge in [0.25, 0.3) is 0 Å². The van der Waals surface area contributed by atoms with Crippen molar-refractivity contribution in [2.24, 2.45) is 0 Å². The van der Waals surface area contributed by atoms with Gasteiger partial charge in [-0.3, -0.25) is 4.79 Å². The summed E-state index contributed by atoms with van der Waals surface area (Å²) in [4.78, 5) is 11.7. The number of hydrogen-bond acceptors (Lipinski definition) is 3. The molecule has 0 bridgehead atoms. The highest BCUT2D eigenvalue weighted by Gasteiger charge is 2.15. The van der Waals surface area contributed by atoms with Gasteiger partial charge in [0.1, 0.15) is 17.9 Å². The van der Waals surface area contributed by atoms with Crippen molar-refractivity contribution in [3.8, 4) is 5.75 Å². The highest BCUT2D eigenvalue weighted by molar-refractivity contribution is 9.09. The fraction of sp³-hybridized carbons (Fsp3) is 0.118. The number of hydrogen-bond donors (Lipinski definition) is 0. The van der Waals surface area contributed by atoms with Crippen molar-refractivity contribution in [1.82, 2.24) is 0 Å². The number of rotatable bonds is 5. The smallest absolute Gasteiger partial charge is 0.208 e. The summed E-state index contributed by atoms with van der Waals surface area (Å²) in [6.07, 6.45) is 0. The standard InChI is InChI=1S/C17H12BrClO3/c18-9-14(20)17-8-13-15(6-12(19)7-16(13)22-17)21-10-11-4-2-1-3-5-11/h1-8H,9-10H2. The molecule has 5 heteroatoms. The average Bonchev–Trinajstić information content (AvgIpc) is 2.96. The third kappa shape index (κ3) is 3.18. The zero-order valence-corrected chi connectivity index (χ0v) is 13.9. The molecule has 3 nitrogen and oxygen atoms in total. The molecule has 0 saturated carbocycles. The molecule has 0 unspecified atom stereocenters. The Labute approximate surface area is 141 Å². The fourth-order valence-corrected chi connectivity index (χ4v) is 2.61. The topological polar surface area (TPSA) is 39.4 Å². The van der Waals surface area contributed by atoms with E-state index in [1.165, 1.54) is 0 Å². The normalized spacial score (nSPS) is 10.8. The van der Waals surface area contributed by atoms with E-state index in [1.807, 2.05) is 30.3 Å². The maximum atomic E-state index is 11.7. The van der Waals surface area contributed by atoms with E-state index in [1.54, 1.807) is 18.2 Å². The van der Waals surface area contributed by atoms with Crippen molar-refractivity contribution in [1.29, 1.82) is 0 Å². The van der Waals surface area contributed by atoms with E-state index in [0.717, 1.165) is 10.9 Å². The predicted molar refractivity (Wildman–Crippen MR) is 90.1 cm³/mol. The van der Waals surface area contributed by atoms with Crippen LogP contribution in [-0.2, 0) is 6.61 Å². The molecule has 2 aromatic carbocycles. The van der Waals surface area contributed by atoms with Crippen LogP contribution in [0.1, 0.15) is 16.1 Å². The Balaban J connectivity index is 1.94. The van der Waals surface area contributed by atoms with E-state index in [0.29, 0.717) is 28.7 Å². The second-order valence-corrected chi connectivity index (χ2v) is 5.75. The number of ether oxygens (including phenoxy) is 1. The Bertz CT molecular complexity index is 811. The predicted octanol–water partition coefficient (Wildman–Crippen LogP) is 5.24. The molecule has 0 N–H and O–H groups in total. The van der Waals surface area contributed by atoms with Gasteiger partial charge in [0.2, 0.25) is 5.78 Å². The average molecular weight is 380 g/mol. The Morgan fingerprint density at radius 2 is 1.95 bits per heavy atom. The molecule has 3 rings (SSSR count). The van der Waals surface area contributed by atoms with Crippen LogP contribution in [0.3, 0.4) is 0 Å². The number of furan rings is 1. The molecule has 0 saturated heterocycles. The van der Waals surface area contributed by atoms with Crippen LogP contribution in [0, 0.1) is 0 Å². The molecule has 1 heterocycles. The number of alkyl halides is 1. The van der Waals surface area contributed by atoms with Gasteiger partial charge in [-0.2, -0.15) is 0 Å². The van der Waals surface area contributed by atoms with Crippen molar-refractivity contribution < 1.29 is 13.9 Å². The van der Waals surface area contributed by atoms with Crippen molar-refractivity contribution in [3.05, 3.63) is 64.9 Å². The number of ketones is 1. The highest BCUT2D eigenvalue weighted by Crippen LogP contribution is 2.33. The number of halogens is 2. The number of carbonyl (C=O) groups excluding carboxylic acids is 1. The van der Waals surface area contributed by atoms with Crippen LogP contribution in [0.15, 0.2) is 52.9 Å². The van der Waals surface area contributed by atoms with Crippen LogP contribution in [0.5, 0.6) is 5.75 Å². The minimum Gasteiger partial charge on any atom is -0.488 e. The number of fused-ring (bicyclic) bond motifs is 1. The first-order valence-corrected chi connectivity index (χ1v) is 8.16. The van der Waals surface area contributed by atoms with Crippen LogP contribution >= 0.6 is 27.5 Å². The quantitative estimate of drug-likeness (QED) is 0.449. The monoisotopic (exact) mass is 378 g/mol. The van der Waals surface area contributed by atoms with Crippen molar-refractivity contribution in [2.75, 3.05) is 5.33 Å². The Hall–Kier alpha value is -1.78. The third-order valence-electron chi connectivity index (χ3n) is 3.20. The minimum atomic E-state index is -0.124. The summed E-state index contributed by atoms with van der Waals surface area (Å²) in [5.41, 5.74) is 1.59. The van der Waals surface area contributed by atoms with E-state index in [4.69, 9.17) is 20.8 Å². The van der Waals surface area contributed by atoms with Gasteiger partial charge in [0.15, 0.2) is 5.76 Å². The Kier molecular flexibility index (Phi) is 4.50. The summed E-state index contributed by atoms with van der Waals surface area (Å²) in [6, 6.07) is 14.9. The lowest BCUT2D eigenvalue weighted by Crippen LogP contribution is -1.96. The zero-order chi connectivity index (χ0) is 15.5. The molecule has 0 aliphatic rings. The molecule has 0 atom stereocenters. The lowest BCUT2D eigenvalue weighted by atomic mass is 10.2. The maximum Gasteiger partial charge on any atom is 0.208 e. The van der Waals surface area contributed by atoms with Crippen LogP contribution < -0.4 is 4.74 Å². The van der Waals surface area contributed by atoms with Gasteiger partial charge in [-0.25, -0.2) is 0 Å². The van der Waals surface area contributed by atoms with E-state index >= 15 is 0 Å². The van der Waals surface area contributed by atoms with E-state index < -0.39 is 0 Å². The van der Waals surface area contributed by atoms with Gasteiger partial charge in [0, 0.05) is 11.1 Å². The molecule has 0 fully saturated rings. The molecule has 22 heavy (non-hydrogen) atoms. The summed E-state index contributed by atoms with van der Waals surface area (Å²) in [5, 5.41) is 1.45. The minimum absolute atomic E-state index is 0.124. The number of Topliss-reactive ketones (excluding diaryl/α,β-unsaturated/α-hetero) is 1. The first kappa shape index (κ1) is 15.1. The second-order valence-electron chi connectivity index (χ2n) is 4.76. The highest BCUT2D eigenvalue weighted by atomic mass is 79.9. The Morgan fingerprint density at radius 1 is 1.18 bits per heavy atom. The summed E-state index contributed by atoms with van der Waals surface area (Å²) in [6.45, 7) is 0.420. The van der Waals surface area contributed by atoms with Gasteiger partial charge >= 0.3 is 0 Å². The van der Waals surface area contributed by atoms with Crippen molar-refractivity contribution in [3.63, 3.8) is 0 Å². The maximum absolute atomic E-state index is 11.7. The molecule has 0 radical (unpaired) electrons. The lowest BCUT2D eigenvalue weighted by Gasteiger charge is -2.07. The van der Waals surface area contributed by atoms with E-state index in [9.17, 15) is 4.79 Å². The van der Waals surface area contributed by atoms with Crippen LogP contribution in [0.2, 0.25) is 5.02 Å². The first-order valence-electron chi connectivity index (χ1n) is 6.66. The summed E-state index contributed by atoms with van der Waals surface area (Å²) >= 11 is 9.23. The lowest BCUT2D eigenvalue weighted by molar-refractivity contribution is 0.0995. The molecule has 0 spiro atoms. The van der Waals surface area contributed by atoms with Gasteiger partial charge in [-0.15, -0.1) is 0 Å². The van der Waals surface area contributed by atoms with E-state index in [2.05, 4.69) is 15.9 Å². The van der Waals surface area contributed by atoms with E-state index in [-0.39, 0.29) is 11.1 Å². The molecule has 0 amide bonds.